The fourth-order valence-corrected chi connectivity index (χ4v) is 4.98. The Kier molecular flexibility index (Phi) is 7.40. The Balaban J connectivity index is 1.67. The summed E-state index contributed by atoms with van der Waals surface area (Å²) in [6.07, 6.45) is 5.95. The second kappa shape index (κ2) is 10.4. The maximum Gasteiger partial charge on any atom is 0.277 e. The Morgan fingerprint density at radius 1 is 0.730 bits per heavy atom. The van der Waals surface area contributed by atoms with Gasteiger partial charge >= 0.3 is 0 Å². The zero-order chi connectivity index (χ0) is 26.8. The van der Waals surface area contributed by atoms with Crippen molar-refractivity contribution in [2.45, 2.75) is 22.0 Å². The van der Waals surface area contributed by atoms with Crippen LogP contribution in [-0.2, 0) is 14.5 Å². The minimum absolute atomic E-state index is 0.369. The average molecular weight is 545 g/mol. The zero-order valence-corrected chi connectivity index (χ0v) is 21.3. The van der Waals surface area contributed by atoms with Crippen LogP contribution in [0.2, 0.25) is 0 Å². The highest BCUT2D eigenvalue weighted by atomic mass is 35.5. The molecule has 2 aromatic rings. The number of hydrogen-bond donors (Lipinski definition) is 0. The summed E-state index contributed by atoms with van der Waals surface area (Å²) in [7, 11) is 2.94. The first-order valence-corrected chi connectivity index (χ1v) is 11.8. The molecule has 2 aromatic carbocycles. The van der Waals surface area contributed by atoms with Crippen molar-refractivity contribution in [2.75, 3.05) is 14.2 Å². The van der Waals surface area contributed by atoms with E-state index < -0.39 is 31.8 Å². The minimum atomic E-state index is -1.38. The van der Waals surface area contributed by atoms with E-state index in [2.05, 4.69) is 0 Å². The summed E-state index contributed by atoms with van der Waals surface area (Å²) in [6, 6.07) is 13.7. The molecule has 4 rings (SSSR count). The van der Waals surface area contributed by atoms with Gasteiger partial charge in [-0.2, -0.15) is 0 Å². The van der Waals surface area contributed by atoms with Crippen LogP contribution in [-0.4, -0.2) is 36.3 Å². The normalized spacial score (nSPS) is 26.7. The molecule has 2 aliphatic carbocycles. The van der Waals surface area contributed by atoms with Gasteiger partial charge in [0, 0.05) is 23.3 Å². The number of ether oxygens (including phenoxy) is 3. The second-order valence-electron chi connectivity index (χ2n) is 8.28. The van der Waals surface area contributed by atoms with Gasteiger partial charge in [-0.3, -0.25) is 20.2 Å². The largest absolute Gasteiger partial charge is 0.496 e. The van der Waals surface area contributed by atoms with Gasteiger partial charge in [0.25, 0.3) is 11.4 Å². The molecule has 0 radical (unpaired) electrons. The van der Waals surface area contributed by atoms with Gasteiger partial charge in [0.15, 0.2) is 12.2 Å². The van der Waals surface area contributed by atoms with E-state index in [9.17, 15) is 20.2 Å². The summed E-state index contributed by atoms with van der Waals surface area (Å²) in [5.41, 5.74) is 0.264. The predicted molar refractivity (Wildman–Crippen MR) is 138 cm³/mol. The van der Waals surface area contributed by atoms with Gasteiger partial charge in [-0.15, -0.1) is 23.2 Å². The van der Waals surface area contributed by atoms with E-state index in [0.29, 0.717) is 22.6 Å². The molecule has 0 heterocycles. The summed E-state index contributed by atoms with van der Waals surface area (Å²) in [5, 5.41) is 24.0. The summed E-state index contributed by atoms with van der Waals surface area (Å²) in [4.78, 5) is 20.0. The number of allylic oxidation sites excluding steroid dienone is 4. The van der Waals surface area contributed by atoms with Crippen LogP contribution in [0.5, 0.6) is 11.5 Å². The monoisotopic (exact) mass is 544 g/mol. The van der Waals surface area contributed by atoms with Crippen molar-refractivity contribution in [3.63, 3.8) is 0 Å². The zero-order valence-electron chi connectivity index (χ0n) is 19.7. The van der Waals surface area contributed by atoms with E-state index in [0.717, 1.165) is 0 Å². The van der Waals surface area contributed by atoms with Crippen molar-refractivity contribution in [1.82, 2.24) is 0 Å². The number of methoxy groups -OCH3 is 2. The van der Waals surface area contributed by atoms with Gasteiger partial charge in [0.1, 0.15) is 21.2 Å². The molecule has 4 atom stereocenters. The number of nitro groups is 2. The summed E-state index contributed by atoms with van der Waals surface area (Å²) in [6.45, 7) is 0. The molecule has 2 aliphatic rings. The first kappa shape index (κ1) is 26.4. The Labute approximate surface area is 222 Å². The Morgan fingerprint density at radius 3 is 1.46 bits per heavy atom. The molecule has 0 amide bonds. The lowest BCUT2D eigenvalue weighted by atomic mass is 9.89. The Bertz CT molecular complexity index is 1250. The van der Waals surface area contributed by atoms with E-state index in [-0.39, 0.29) is 11.4 Å². The van der Waals surface area contributed by atoms with Gasteiger partial charge in [-0.05, 0) is 24.3 Å². The fraction of sp³-hybridized carbons (Fsp3) is 0.231. The maximum atomic E-state index is 12.0. The molecular formula is C26H22Cl2N2O7. The van der Waals surface area contributed by atoms with Crippen molar-refractivity contribution < 1.29 is 24.1 Å². The quantitative estimate of drug-likeness (QED) is 0.187. The molecule has 192 valence electrons. The first-order chi connectivity index (χ1) is 17.6. The SMILES string of the molecule is COc1ccccc1C1(Cl)C=CC(OC2C=CC(Cl)(c3ccccc3OC)C=C2[N+](=O)[O-])C([N+](=O)[O-])=C1. The standard InChI is InChI=1S/C26H22Cl2N2O7/c1-35-21-9-5-3-7-17(21)25(27)13-11-23(19(15-25)29(31)32)37-24-12-14-26(28,16-20(24)30(33)34)18-8-4-6-10-22(18)36-2/h3-16,23-24H,1-2H3. The number of rotatable bonds is 8. The van der Waals surface area contributed by atoms with Gasteiger partial charge in [-0.1, -0.05) is 48.6 Å². The first-order valence-electron chi connectivity index (χ1n) is 11.0. The van der Waals surface area contributed by atoms with Gasteiger partial charge < -0.3 is 14.2 Å². The molecule has 0 N–H and O–H groups in total. The molecule has 0 aromatic heterocycles. The Morgan fingerprint density at radius 2 is 1.11 bits per heavy atom. The molecule has 0 aliphatic heterocycles. The molecule has 0 bridgehead atoms. The average Bonchev–Trinajstić information content (AvgIpc) is 2.90. The van der Waals surface area contributed by atoms with Crippen LogP contribution < -0.4 is 9.47 Å². The van der Waals surface area contributed by atoms with E-state index in [1.54, 1.807) is 48.5 Å². The summed E-state index contributed by atoms with van der Waals surface area (Å²) in [5.74, 6) is 0.896. The van der Waals surface area contributed by atoms with Crippen LogP contribution in [0.4, 0.5) is 0 Å². The molecule has 37 heavy (non-hydrogen) atoms. The number of nitrogens with zero attached hydrogens (tertiary/aromatic N) is 2. The lowest BCUT2D eigenvalue weighted by Crippen LogP contribution is -2.34. The summed E-state index contributed by atoms with van der Waals surface area (Å²) >= 11 is 13.6. The smallest absolute Gasteiger partial charge is 0.277 e. The molecule has 11 heteroatoms. The van der Waals surface area contributed by atoms with Gasteiger partial charge in [-0.25, -0.2) is 0 Å². The van der Waals surface area contributed by atoms with Crippen LogP contribution in [0.1, 0.15) is 11.1 Å². The van der Waals surface area contributed by atoms with Crippen LogP contribution in [0.25, 0.3) is 0 Å². The third-order valence-corrected chi connectivity index (χ3v) is 6.96. The molecule has 0 saturated heterocycles. The van der Waals surface area contributed by atoms with Crippen molar-refractivity contribution >= 4 is 23.2 Å². The van der Waals surface area contributed by atoms with Crippen molar-refractivity contribution in [3.8, 4) is 11.5 Å². The topological polar surface area (TPSA) is 114 Å². The third-order valence-electron chi connectivity index (χ3n) is 6.08. The highest BCUT2D eigenvalue weighted by Crippen LogP contribution is 2.44. The van der Waals surface area contributed by atoms with Crippen molar-refractivity contribution in [1.29, 1.82) is 0 Å². The van der Waals surface area contributed by atoms with E-state index in [1.165, 1.54) is 50.7 Å². The lowest BCUT2D eigenvalue weighted by molar-refractivity contribution is -0.446. The second-order valence-corrected chi connectivity index (χ2v) is 9.54. The highest BCUT2D eigenvalue weighted by Gasteiger charge is 2.43. The number of benzene rings is 2. The lowest BCUT2D eigenvalue weighted by Gasteiger charge is -2.30. The predicted octanol–water partition coefficient (Wildman–Crippen LogP) is 5.49. The Hall–Kier alpha value is -3.66. The van der Waals surface area contributed by atoms with Crippen LogP contribution >= 0.6 is 23.2 Å². The van der Waals surface area contributed by atoms with E-state index >= 15 is 0 Å². The maximum absolute atomic E-state index is 12.0. The highest BCUT2D eigenvalue weighted by molar-refractivity contribution is 6.27. The molecule has 4 unspecified atom stereocenters. The van der Waals surface area contributed by atoms with Gasteiger partial charge in [0.05, 0.1) is 24.1 Å². The molecule has 9 nitrogen and oxygen atoms in total. The minimum Gasteiger partial charge on any atom is -0.496 e. The molecular weight excluding hydrogens is 523 g/mol. The van der Waals surface area contributed by atoms with Gasteiger partial charge in [0.2, 0.25) is 0 Å². The summed E-state index contributed by atoms with van der Waals surface area (Å²) < 4.78 is 16.6. The van der Waals surface area contributed by atoms with E-state index in [1.807, 2.05) is 0 Å². The van der Waals surface area contributed by atoms with Crippen LogP contribution in [0.3, 0.4) is 0 Å². The fourth-order valence-electron chi connectivity index (χ4n) is 4.30. The third kappa shape index (κ3) is 5.11. The van der Waals surface area contributed by atoms with Crippen LogP contribution in [0.15, 0.2) is 96.4 Å². The number of alkyl halides is 2. The number of para-hydroxylation sites is 2. The van der Waals surface area contributed by atoms with Crippen LogP contribution in [0, 0.1) is 20.2 Å². The molecule has 0 saturated carbocycles. The number of hydrogen-bond acceptors (Lipinski definition) is 7. The molecule has 0 fully saturated rings. The van der Waals surface area contributed by atoms with E-state index in [4.69, 9.17) is 37.4 Å². The molecule has 0 spiro atoms. The number of halogens is 2. The van der Waals surface area contributed by atoms with Crippen molar-refractivity contribution in [2.24, 2.45) is 0 Å². The van der Waals surface area contributed by atoms with Crippen molar-refractivity contribution in [3.05, 3.63) is 128 Å².